The van der Waals surface area contributed by atoms with Gasteiger partial charge in [0.05, 0.1) is 27.1 Å². The fourth-order valence-corrected chi connectivity index (χ4v) is 3.75. The van der Waals surface area contributed by atoms with E-state index in [9.17, 15) is 28.8 Å². The molecule has 0 heterocycles. The maximum Gasteiger partial charge on any atom is 0.407 e. The summed E-state index contributed by atoms with van der Waals surface area (Å²) in [6.07, 6.45) is 0.00397. The van der Waals surface area contributed by atoms with Gasteiger partial charge in [-0.2, -0.15) is 0 Å². The Morgan fingerprint density at radius 3 is 1.05 bits per heavy atom. The zero-order valence-corrected chi connectivity index (χ0v) is 35.3. The Bertz CT molecular complexity index is 981. The molecule has 0 radical (unpaired) electrons. The molecule has 12 N–H and O–H groups in total. The first kappa shape index (κ1) is 57.9. The number of amides is 4. The van der Waals surface area contributed by atoms with Gasteiger partial charge < -0.3 is 72.9 Å². The maximum atomic E-state index is 11.7. The molecule has 0 atom stereocenters. The SMILES string of the molecule is CC(C)(C)OC(=O)NCCN(CCC(=O)NCCN)CCC(=O)NCCN.CCN.CN.COC(=O)CCN(CCNC(=O)OC(C)(C)C)CCC(=O)OC. The van der Waals surface area contributed by atoms with Gasteiger partial charge >= 0.3 is 24.1 Å². The number of rotatable bonds is 22. The monoisotopic (exact) mass is 797 g/mol. The highest BCUT2D eigenvalue weighted by Gasteiger charge is 2.18. The summed E-state index contributed by atoms with van der Waals surface area (Å²) in [6, 6.07) is 0. The highest BCUT2D eigenvalue weighted by atomic mass is 16.6. The summed E-state index contributed by atoms with van der Waals surface area (Å²) in [5.74, 6) is -0.849. The lowest BCUT2D eigenvalue weighted by Crippen LogP contribution is -2.41. The van der Waals surface area contributed by atoms with Crippen molar-refractivity contribution in [1.82, 2.24) is 31.1 Å². The minimum absolute atomic E-state index is 0.0989. The molecular formula is C35H76N10O10. The van der Waals surface area contributed by atoms with Crippen molar-refractivity contribution >= 4 is 35.9 Å². The van der Waals surface area contributed by atoms with Crippen molar-refractivity contribution in [3.63, 3.8) is 0 Å². The van der Waals surface area contributed by atoms with Crippen LogP contribution in [0.3, 0.4) is 0 Å². The molecule has 0 fully saturated rings. The van der Waals surface area contributed by atoms with E-state index in [0.717, 1.165) is 6.54 Å². The number of carbonyl (C=O) groups excluding carboxylic acids is 6. The van der Waals surface area contributed by atoms with Gasteiger partial charge in [-0.05, 0) is 55.1 Å². The predicted molar refractivity (Wildman–Crippen MR) is 213 cm³/mol. The number of nitrogens with two attached hydrogens (primary N) is 4. The molecule has 326 valence electrons. The van der Waals surface area contributed by atoms with E-state index in [-0.39, 0.29) is 49.4 Å². The van der Waals surface area contributed by atoms with Crippen molar-refractivity contribution in [3.8, 4) is 0 Å². The van der Waals surface area contributed by atoms with Crippen LogP contribution in [0.15, 0.2) is 0 Å². The van der Waals surface area contributed by atoms with Gasteiger partial charge in [0.15, 0.2) is 0 Å². The Morgan fingerprint density at radius 2 is 0.800 bits per heavy atom. The first-order valence-corrected chi connectivity index (χ1v) is 18.5. The Labute approximate surface area is 329 Å². The van der Waals surface area contributed by atoms with Crippen LogP contribution >= 0.6 is 0 Å². The van der Waals surface area contributed by atoms with Gasteiger partial charge in [-0.15, -0.1) is 0 Å². The first-order valence-electron chi connectivity index (χ1n) is 18.5. The molecule has 4 amide bonds. The van der Waals surface area contributed by atoms with E-state index in [0.29, 0.717) is 78.5 Å². The van der Waals surface area contributed by atoms with E-state index >= 15 is 0 Å². The van der Waals surface area contributed by atoms with Crippen LogP contribution in [0.1, 0.15) is 74.1 Å². The first-order chi connectivity index (χ1) is 25.8. The van der Waals surface area contributed by atoms with Crippen LogP contribution in [0.4, 0.5) is 9.59 Å². The second kappa shape index (κ2) is 37.1. The summed E-state index contributed by atoms with van der Waals surface area (Å²) in [7, 11) is 4.15. The van der Waals surface area contributed by atoms with Crippen molar-refractivity contribution in [2.75, 3.05) is 106 Å². The van der Waals surface area contributed by atoms with Crippen LogP contribution in [0.25, 0.3) is 0 Å². The van der Waals surface area contributed by atoms with Gasteiger partial charge in [0, 0.05) is 91.4 Å². The molecule has 0 saturated carbocycles. The van der Waals surface area contributed by atoms with Crippen LogP contribution in [0.5, 0.6) is 0 Å². The molecule has 0 aromatic carbocycles. The highest BCUT2D eigenvalue weighted by molar-refractivity contribution is 5.76. The van der Waals surface area contributed by atoms with Gasteiger partial charge in [0.2, 0.25) is 11.8 Å². The molecular weight excluding hydrogens is 720 g/mol. The Hall–Kier alpha value is -3.82. The summed E-state index contributed by atoms with van der Waals surface area (Å²) < 4.78 is 19.5. The summed E-state index contributed by atoms with van der Waals surface area (Å²) >= 11 is 0. The molecule has 0 aromatic rings. The molecule has 0 aromatic heterocycles. The molecule has 20 heteroatoms. The number of methoxy groups -OCH3 is 2. The molecule has 0 aliphatic carbocycles. The summed E-state index contributed by atoms with van der Waals surface area (Å²) in [6.45, 7) is 18.5. The molecule has 0 unspecified atom stereocenters. The van der Waals surface area contributed by atoms with Gasteiger partial charge in [0.1, 0.15) is 11.2 Å². The van der Waals surface area contributed by atoms with Crippen molar-refractivity contribution in [2.45, 2.75) is 85.4 Å². The van der Waals surface area contributed by atoms with Gasteiger partial charge in [-0.1, -0.05) is 6.92 Å². The molecule has 55 heavy (non-hydrogen) atoms. The number of ether oxygens (including phenoxy) is 4. The third-order valence-corrected chi connectivity index (χ3v) is 6.16. The zero-order chi connectivity index (χ0) is 43.3. The van der Waals surface area contributed by atoms with Crippen molar-refractivity contribution in [1.29, 1.82) is 0 Å². The molecule has 20 nitrogen and oxygen atoms in total. The summed E-state index contributed by atoms with van der Waals surface area (Å²) in [5, 5.41) is 10.7. The quantitative estimate of drug-likeness (QED) is 0.0493. The largest absolute Gasteiger partial charge is 0.469 e. The van der Waals surface area contributed by atoms with E-state index in [4.69, 9.17) is 26.7 Å². The highest BCUT2D eigenvalue weighted by Crippen LogP contribution is 2.07. The van der Waals surface area contributed by atoms with E-state index in [2.05, 4.69) is 36.5 Å². The van der Waals surface area contributed by atoms with E-state index < -0.39 is 23.4 Å². The standard InChI is InChI=1S/C17H36N6O4.C15H28N2O6.C2H7N.CH5N/c1-17(2,3)27-16(26)22-10-13-23(11-4-14(24)20-8-6-18)12-5-15(25)21-9-7-19;1-15(2,3)23-14(20)16-8-11-17(9-6-12(18)21-4)10-7-13(19)22-5;1-2-3;1-2/h4-13,18-19H2,1-3H3,(H,20,24)(H,21,25)(H,22,26);6-11H2,1-5H3,(H,16,20);2-3H2,1H3;2H2,1H3. The molecule has 0 bridgehead atoms. The van der Waals surface area contributed by atoms with Crippen molar-refractivity contribution < 1.29 is 47.7 Å². The number of hydrogen-bond donors (Lipinski definition) is 8. The Morgan fingerprint density at radius 1 is 0.509 bits per heavy atom. The average Bonchev–Trinajstić information content (AvgIpc) is 3.11. The lowest BCUT2D eigenvalue weighted by Gasteiger charge is -2.23. The van der Waals surface area contributed by atoms with Gasteiger partial charge in [-0.3, -0.25) is 19.2 Å². The Kier molecular flexibility index (Phi) is 39.1. The minimum atomic E-state index is -0.564. The van der Waals surface area contributed by atoms with Crippen LogP contribution in [-0.4, -0.2) is 163 Å². The zero-order valence-electron chi connectivity index (χ0n) is 35.3. The minimum Gasteiger partial charge on any atom is -0.469 e. The fourth-order valence-electron chi connectivity index (χ4n) is 3.75. The topological polar surface area (TPSA) is 298 Å². The van der Waals surface area contributed by atoms with Crippen LogP contribution in [-0.2, 0) is 38.1 Å². The van der Waals surface area contributed by atoms with Crippen LogP contribution in [0.2, 0.25) is 0 Å². The van der Waals surface area contributed by atoms with E-state index in [1.807, 2.05) is 16.7 Å². The fraction of sp³-hybridized carbons (Fsp3) is 0.829. The molecule has 0 aliphatic heterocycles. The number of esters is 2. The van der Waals surface area contributed by atoms with Crippen LogP contribution in [0, 0.1) is 0 Å². The number of nitrogens with zero attached hydrogens (tertiary/aromatic N) is 2. The number of hydrogen-bond acceptors (Lipinski definition) is 16. The third kappa shape index (κ3) is 46.3. The molecule has 0 aliphatic rings. The third-order valence-electron chi connectivity index (χ3n) is 6.16. The Balaban J connectivity index is -0.000000427. The summed E-state index contributed by atoms with van der Waals surface area (Å²) in [5.41, 5.74) is 18.9. The smallest absolute Gasteiger partial charge is 0.407 e. The number of nitrogens with one attached hydrogen (secondary N) is 4. The second-order valence-electron chi connectivity index (χ2n) is 13.4. The van der Waals surface area contributed by atoms with Gasteiger partial charge in [-0.25, -0.2) is 9.59 Å². The predicted octanol–water partition coefficient (Wildman–Crippen LogP) is -0.778. The van der Waals surface area contributed by atoms with E-state index in [1.165, 1.54) is 21.3 Å². The van der Waals surface area contributed by atoms with Crippen LogP contribution < -0.4 is 44.2 Å². The van der Waals surface area contributed by atoms with Gasteiger partial charge in [0.25, 0.3) is 0 Å². The molecule has 0 spiro atoms. The van der Waals surface area contributed by atoms with Crippen molar-refractivity contribution in [2.24, 2.45) is 22.9 Å². The summed E-state index contributed by atoms with van der Waals surface area (Å²) in [4.78, 5) is 73.0. The normalized spacial score (nSPS) is 10.5. The average molecular weight is 797 g/mol. The lowest BCUT2D eigenvalue weighted by molar-refractivity contribution is -0.141. The maximum absolute atomic E-state index is 11.7. The van der Waals surface area contributed by atoms with E-state index in [1.54, 1.807) is 41.5 Å². The van der Waals surface area contributed by atoms with Crippen molar-refractivity contribution in [3.05, 3.63) is 0 Å². The lowest BCUT2D eigenvalue weighted by atomic mass is 10.2. The molecule has 0 rings (SSSR count). The second-order valence-corrected chi connectivity index (χ2v) is 13.4. The molecule has 0 saturated heterocycles. The number of alkyl carbamates (subject to hydrolysis) is 2. The number of carbonyl (C=O) groups is 6.